The summed E-state index contributed by atoms with van der Waals surface area (Å²) < 4.78 is 11.0. The van der Waals surface area contributed by atoms with Crippen molar-refractivity contribution in [2.75, 3.05) is 5.32 Å². The van der Waals surface area contributed by atoms with Crippen molar-refractivity contribution in [1.82, 2.24) is 0 Å². The Balaban J connectivity index is 1.39. The molecule has 8 heteroatoms. The summed E-state index contributed by atoms with van der Waals surface area (Å²) in [5, 5.41) is 14.5. The molecule has 0 radical (unpaired) electrons. The Bertz CT molecular complexity index is 1620. The Kier molecular flexibility index (Phi) is 5.23. The van der Waals surface area contributed by atoms with Crippen LogP contribution in [0.1, 0.15) is 10.6 Å². The lowest BCUT2D eigenvalue weighted by atomic mass is 10.1. The minimum Gasteiger partial charge on any atom is -0.451 e. The van der Waals surface area contributed by atoms with E-state index in [1.54, 1.807) is 60.7 Å². The standard InChI is InChI=1S/C26H16N2O6/c29-25(24-12-11-23(33-24)17-7-4-9-20(14-17)28(31)32)27-19-8-3-6-16(13-19)21-15-18-5-1-2-10-22(18)34-26(21)30/h1-15H,(H,27,29). The van der Waals surface area contributed by atoms with Gasteiger partial charge in [-0.15, -0.1) is 0 Å². The number of nitrogens with zero attached hydrogens (tertiary/aromatic N) is 1. The predicted molar refractivity (Wildman–Crippen MR) is 127 cm³/mol. The number of carbonyl (C=O) groups is 1. The van der Waals surface area contributed by atoms with Gasteiger partial charge in [0.1, 0.15) is 11.3 Å². The summed E-state index contributed by atoms with van der Waals surface area (Å²) in [6.07, 6.45) is 0. The summed E-state index contributed by atoms with van der Waals surface area (Å²) in [4.78, 5) is 35.7. The fraction of sp³-hybridized carbons (Fsp3) is 0. The smallest absolute Gasteiger partial charge is 0.344 e. The first-order valence-corrected chi connectivity index (χ1v) is 10.3. The van der Waals surface area contributed by atoms with Crippen molar-refractivity contribution in [2.24, 2.45) is 0 Å². The van der Waals surface area contributed by atoms with Gasteiger partial charge in [-0.3, -0.25) is 14.9 Å². The van der Waals surface area contributed by atoms with Gasteiger partial charge >= 0.3 is 5.63 Å². The average Bonchev–Trinajstić information content (AvgIpc) is 3.34. The summed E-state index contributed by atoms with van der Waals surface area (Å²) in [5.41, 5.74) is 1.86. The highest BCUT2D eigenvalue weighted by molar-refractivity contribution is 6.03. The minimum atomic E-state index is -0.501. The number of amides is 1. The molecule has 0 aliphatic heterocycles. The van der Waals surface area contributed by atoms with Crippen LogP contribution in [0.4, 0.5) is 11.4 Å². The van der Waals surface area contributed by atoms with Gasteiger partial charge in [0.05, 0.1) is 10.5 Å². The molecule has 3 aromatic carbocycles. The first kappa shape index (κ1) is 20.9. The molecule has 1 N–H and O–H groups in total. The molecule has 0 aliphatic carbocycles. The molecular formula is C26H16N2O6. The number of non-ortho nitro benzene ring substituents is 1. The third-order valence-corrected chi connectivity index (χ3v) is 5.24. The van der Waals surface area contributed by atoms with E-state index in [0.717, 1.165) is 5.39 Å². The van der Waals surface area contributed by atoms with Crippen molar-refractivity contribution in [3.8, 4) is 22.5 Å². The molecule has 5 rings (SSSR count). The number of rotatable bonds is 5. The number of nitro groups is 1. The maximum absolute atomic E-state index is 12.7. The van der Waals surface area contributed by atoms with Gasteiger partial charge in [-0.1, -0.05) is 42.5 Å². The molecule has 0 bridgehead atoms. The van der Waals surface area contributed by atoms with Gasteiger partial charge in [0, 0.05) is 28.8 Å². The number of carbonyl (C=O) groups excluding carboxylic acids is 1. The molecule has 166 valence electrons. The van der Waals surface area contributed by atoms with E-state index in [-0.39, 0.29) is 11.4 Å². The van der Waals surface area contributed by atoms with E-state index in [4.69, 9.17) is 8.83 Å². The normalized spacial score (nSPS) is 10.8. The van der Waals surface area contributed by atoms with Gasteiger partial charge in [0.25, 0.3) is 11.6 Å². The average molecular weight is 452 g/mol. The van der Waals surface area contributed by atoms with E-state index in [1.807, 2.05) is 12.1 Å². The fourth-order valence-corrected chi connectivity index (χ4v) is 3.61. The number of hydrogen-bond acceptors (Lipinski definition) is 6. The third kappa shape index (κ3) is 4.07. The highest BCUT2D eigenvalue weighted by Gasteiger charge is 2.15. The van der Waals surface area contributed by atoms with Gasteiger partial charge in [-0.05, 0) is 42.0 Å². The molecule has 0 unspecified atom stereocenters. The zero-order chi connectivity index (χ0) is 23.7. The molecule has 5 aromatic rings. The van der Waals surface area contributed by atoms with Gasteiger partial charge in [0.2, 0.25) is 0 Å². The van der Waals surface area contributed by atoms with E-state index in [2.05, 4.69) is 5.32 Å². The first-order valence-electron chi connectivity index (χ1n) is 10.3. The van der Waals surface area contributed by atoms with Crippen molar-refractivity contribution >= 4 is 28.3 Å². The molecule has 0 saturated heterocycles. The van der Waals surface area contributed by atoms with Crippen LogP contribution in [0, 0.1) is 10.1 Å². The Labute approximate surface area is 192 Å². The topological polar surface area (TPSA) is 116 Å². The van der Waals surface area contributed by atoms with Crippen molar-refractivity contribution in [2.45, 2.75) is 0 Å². The lowest BCUT2D eigenvalue weighted by molar-refractivity contribution is -0.384. The molecule has 2 heterocycles. The maximum atomic E-state index is 12.7. The minimum absolute atomic E-state index is 0.0390. The van der Waals surface area contributed by atoms with Crippen LogP contribution in [-0.4, -0.2) is 10.8 Å². The van der Waals surface area contributed by atoms with Crippen LogP contribution in [0.15, 0.2) is 105 Å². The van der Waals surface area contributed by atoms with Crippen LogP contribution in [0.3, 0.4) is 0 Å². The highest BCUT2D eigenvalue weighted by Crippen LogP contribution is 2.27. The van der Waals surface area contributed by atoms with Gasteiger partial charge < -0.3 is 14.2 Å². The Morgan fingerprint density at radius 3 is 2.47 bits per heavy atom. The largest absolute Gasteiger partial charge is 0.451 e. The van der Waals surface area contributed by atoms with Gasteiger partial charge in [0.15, 0.2) is 5.76 Å². The zero-order valence-electron chi connectivity index (χ0n) is 17.6. The first-order chi connectivity index (χ1) is 16.5. The summed E-state index contributed by atoms with van der Waals surface area (Å²) in [6.45, 7) is 0. The molecule has 0 aliphatic rings. The number of anilines is 1. The highest BCUT2D eigenvalue weighted by atomic mass is 16.6. The number of hydrogen-bond donors (Lipinski definition) is 1. The number of furan rings is 1. The Hall–Kier alpha value is -4.98. The maximum Gasteiger partial charge on any atom is 0.344 e. The summed E-state index contributed by atoms with van der Waals surface area (Å²) in [5.74, 6) is -0.132. The quantitative estimate of drug-likeness (QED) is 0.202. The second kappa shape index (κ2) is 8.51. The summed E-state index contributed by atoms with van der Waals surface area (Å²) in [6, 6.07) is 24.8. The van der Waals surface area contributed by atoms with Gasteiger partial charge in [-0.25, -0.2) is 4.79 Å². The molecule has 34 heavy (non-hydrogen) atoms. The molecule has 0 saturated carbocycles. The number of para-hydroxylation sites is 1. The van der Waals surface area contributed by atoms with Crippen molar-refractivity contribution in [3.05, 3.63) is 117 Å². The molecule has 8 nitrogen and oxygen atoms in total. The predicted octanol–water partition coefficient (Wildman–Crippen LogP) is 5.88. The second-order valence-corrected chi connectivity index (χ2v) is 7.49. The van der Waals surface area contributed by atoms with Gasteiger partial charge in [-0.2, -0.15) is 0 Å². The van der Waals surface area contributed by atoms with Crippen LogP contribution < -0.4 is 10.9 Å². The monoisotopic (exact) mass is 452 g/mol. The lowest BCUT2D eigenvalue weighted by Crippen LogP contribution is -2.11. The number of nitro benzene ring substituents is 1. The molecule has 0 fully saturated rings. The van der Waals surface area contributed by atoms with E-state index in [9.17, 15) is 19.7 Å². The number of nitrogens with one attached hydrogen (secondary N) is 1. The zero-order valence-corrected chi connectivity index (χ0v) is 17.6. The molecule has 0 spiro atoms. The molecule has 0 atom stereocenters. The van der Waals surface area contributed by atoms with Crippen LogP contribution in [-0.2, 0) is 0 Å². The lowest BCUT2D eigenvalue weighted by Gasteiger charge is -2.07. The van der Waals surface area contributed by atoms with Crippen LogP contribution in [0.2, 0.25) is 0 Å². The number of benzene rings is 3. The van der Waals surface area contributed by atoms with Crippen molar-refractivity contribution in [3.63, 3.8) is 0 Å². The molecule has 2 aromatic heterocycles. The Morgan fingerprint density at radius 2 is 1.62 bits per heavy atom. The van der Waals surface area contributed by atoms with Crippen LogP contribution in [0.5, 0.6) is 0 Å². The van der Waals surface area contributed by atoms with E-state index >= 15 is 0 Å². The van der Waals surface area contributed by atoms with E-state index in [0.29, 0.717) is 33.7 Å². The van der Waals surface area contributed by atoms with Crippen LogP contribution in [0.25, 0.3) is 33.4 Å². The van der Waals surface area contributed by atoms with E-state index < -0.39 is 16.5 Å². The number of fused-ring (bicyclic) bond motifs is 1. The van der Waals surface area contributed by atoms with Crippen molar-refractivity contribution in [1.29, 1.82) is 0 Å². The fourth-order valence-electron chi connectivity index (χ4n) is 3.61. The van der Waals surface area contributed by atoms with Crippen molar-refractivity contribution < 1.29 is 18.6 Å². The summed E-state index contributed by atoms with van der Waals surface area (Å²) >= 11 is 0. The van der Waals surface area contributed by atoms with E-state index in [1.165, 1.54) is 18.2 Å². The SMILES string of the molecule is O=C(Nc1cccc(-c2cc3ccccc3oc2=O)c1)c1ccc(-c2cccc([N+](=O)[O-])c2)o1. The summed E-state index contributed by atoms with van der Waals surface area (Å²) in [7, 11) is 0. The third-order valence-electron chi connectivity index (χ3n) is 5.24. The molecule has 1 amide bonds. The second-order valence-electron chi connectivity index (χ2n) is 7.49. The molecular weight excluding hydrogens is 436 g/mol. The Morgan fingerprint density at radius 1 is 0.824 bits per heavy atom. The van der Waals surface area contributed by atoms with Crippen LogP contribution >= 0.6 is 0 Å².